The molecule has 6 N–H and O–H groups in total. The average molecular weight is 936 g/mol. The lowest BCUT2D eigenvalue weighted by atomic mass is 9.99. The molecule has 0 radical (unpaired) electrons. The van der Waals surface area contributed by atoms with E-state index in [1.54, 1.807) is 6.08 Å². The van der Waals surface area contributed by atoms with Gasteiger partial charge >= 0.3 is 0 Å². The predicted molar refractivity (Wildman–Crippen MR) is 277 cm³/mol. The van der Waals surface area contributed by atoms with Gasteiger partial charge in [0.1, 0.15) is 24.4 Å². The van der Waals surface area contributed by atoms with Crippen LogP contribution in [0.2, 0.25) is 0 Å². The molecule has 9 heteroatoms. The highest BCUT2D eigenvalue weighted by Crippen LogP contribution is 2.23. The third kappa shape index (κ3) is 36.6. The zero-order chi connectivity index (χ0) is 48.0. The number of allylic oxidation sites excluding steroid dienone is 3. The highest BCUT2D eigenvalue weighted by atomic mass is 16.7. The SMILES string of the molecule is CCCCCCCCCCC/C=C/CC/C=C/C(O)C(COC1OC(CO)C(O)C(O)C1O)NC(=O)CCCCCCCCCCCCCCCCCCCCCCCCCCCCCC. The van der Waals surface area contributed by atoms with Crippen molar-refractivity contribution in [2.24, 2.45) is 0 Å². The number of aliphatic hydroxyl groups is 5. The molecule has 1 aliphatic heterocycles. The molecule has 1 amide bonds. The van der Waals surface area contributed by atoms with Crippen molar-refractivity contribution in [3.8, 4) is 0 Å². The van der Waals surface area contributed by atoms with Gasteiger partial charge in [-0.15, -0.1) is 0 Å². The smallest absolute Gasteiger partial charge is 0.220 e. The minimum absolute atomic E-state index is 0.181. The maximum absolute atomic E-state index is 13.0. The summed E-state index contributed by atoms with van der Waals surface area (Å²) in [5.41, 5.74) is 0. The van der Waals surface area contributed by atoms with E-state index in [0.717, 1.165) is 38.5 Å². The van der Waals surface area contributed by atoms with E-state index < -0.39 is 49.5 Å². The predicted octanol–water partition coefficient (Wildman–Crippen LogP) is 13.8. The monoisotopic (exact) mass is 936 g/mol. The van der Waals surface area contributed by atoms with E-state index >= 15 is 0 Å². The second kappa shape index (κ2) is 47.4. The van der Waals surface area contributed by atoms with Crippen LogP contribution < -0.4 is 5.32 Å². The summed E-state index contributed by atoms with van der Waals surface area (Å²) in [4.78, 5) is 13.0. The summed E-state index contributed by atoms with van der Waals surface area (Å²) in [7, 11) is 0. The first-order valence-electron chi connectivity index (χ1n) is 28.6. The van der Waals surface area contributed by atoms with Crippen LogP contribution in [-0.2, 0) is 14.3 Å². The van der Waals surface area contributed by atoms with Gasteiger partial charge in [0.05, 0.1) is 25.4 Å². The Kier molecular flexibility index (Phi) is 45.0. The molecule has 1 fully saturated rings. The molecule has 7 unspecified atom stereocenters. The Morgan fingerprint density at radius 2 is 0.864 bits per heavy atom. The second-order valence-corrected chi connectivity index (χ2v) is 20.1. The molecule has 7 atom stereocenters. The number of carbonyl (C=O) groups is 1. The number of hydrogen-bond donors (Lipinski definition) is 6. The zero-order valence-corrected chi connectivity index (χ0v) is 43.2. The van der Waals surface area contributed by atoms with E-state index in [-0.39, 0.29) is 12.5 Å². The highest BCUT2D eigenvalue weighted by Gasteiger charge is 2.44. The Bertz CT molecular complexity index is 1090. The minimum atomic E-state index is -1.57. The van der Waals surface area contributed by atoms with Crippen LogP contribution in [0.15, 0.2) is 24.3 Å². The Hall–Kier alpha value is -1.33. The van der Waals surface area contributed by atoms with Gasteiger partial charge in [-0.3, -0.25) is 4.79 Å². The first-order valence-corrected chi connectivity index (χ1v) is 28.6. The largest absolute Gasteiger partial charge is 0.394 e. The third-order valence-electron chi connectivity index (χ3n) is 13.8. The van der Waals surface area contributed by atoms with Gasteiger partial charge < -0.3 is 40.3 Å². The standard InChI is InChI=1S/C57H109NO8/c1-3-5-7-9-11-13-15-17-19-20-21-22-23-24-25-26-27-28-29-30-31-33-35-37-39-41-43-45-47-53(61)58-50(49-65-57-56(64)55(63)54(62)52(48-59)66-57)51(60)46-44-42-40-38-36-34-32-18-16-14-12-10-8-6-4-2/h36,38,44,46,50-52,54-57,59-60,62-64H,3-35,37,39-43,45,47-49H2,1-2H3,(H,58,61)/b38-36+,46-44+. The van der Waals surface area contributed by atoms with Crippen molar-refractivity contribution in [3.05, 3.63) is 24.3 Å². The van der Waals surface area contributed by atoms with E-state index in [1.807, 2.05) is 6.08 Å². The number of carbonyl (C=O) groups excluding carboxylic acids is 1. The lowest BCUT2D eigenvalue weighted by Gasteiger charge is -2.40. The number of hydrogen-bond acceptors (Lipinski definition) is 8. The molecule has 1 rings (SSSR count). The number of amides is 1. The van der Waals surface area contributed by atoms with Crippen molar-refractivity contribution in [2.75, 3.05) is 13.2 Å². The lowest BCUT2D eigenvalue weighted by molar-refractivity contribution is -0.302. The van der Waals surface area contributed by atoms with Crippen molar-refractivity contribution >= 4 is 5.91 Å². The molecule has 1 saturated heterocycles. The van der Waals surface area contributed by atoms with Crippen molar-refractivity contribution in [1.29, 1.82) is 0 Å². The van der Waals surface area contributed by atoms with Crippen LogP contribution >= 0.6 is 0 Å². The molecule has 0 bridgehead atoms. The van der Waals surface area contributed by atoms with Crippen molar-refractivity contribution in [2.45, 2.75) is 320 Å². The van der Waals surface area contributed by atoms with Gasteiger partial charge in [0.2, 0.25) is 5.91 Å². The minimum Gasteiger partial charge on any atom is -0.394 e. The maximum atomic E-state index is 13.0. The van der Waals surface area contributed by atoms with Crippen molar-refractivity contribution < 1.29 is 39.8 Å². The summed E-state index contributed by atoms with van der Waals surface area (Å²) in [5.74, 6) is -0.181. The first-order chi connectivity index (χ1) is 32.3. The highest BCUT2D eigenvalue weighted by molar-refractivity contribution is 5.76. The van der Waals surface area contributed by atoms with Gasteiger partial charge in [-0.05, 0) is 32.1 Å². The number of unbranched alkanes of at least 4 members (excludes halogenated alkanes) is 37. The van der Waals surface area contributed by atoms with Gasteiger partial charge in [-0.1, -0.05) is 263 Å². The van der Waals surface area contributed by atoms with E-state index in [0.29, 0.717) is 6.42 Å². The second-order valence-electron chi connectivity index (χ2n) is 20.1. The van der Waals surface area contributed by atoms with E-state index in [4.69, 9.17) is 9.47 Å². The summed E-state index contributed by atoms with van der Waals surface area (Å²) in [6.45, 7) is 3.79. The zero-order valence-electron chi connectivity index (χ0n) is 43.2. The number of nitrogens with one attached hydrogen (secondary N) is 1. The number of ether oxygens (including phenoxy) is 2. The molecule has 0 aromatic heterocycles. The molecule has 0 aromatic carbocycles. The first kappa shape index (κ1) is 62.7. The van der Waals surface area contributed by atoms with Gasteiger partial charge in [0.25, 0.3) is 0 Å². The Balaban J connectivity index is 2.18. The van der Waals surface area contributed by atoms with Gasteiger partial charge in [-0.2, -0.15) is 0 Å². The van der Waals surface area contributed by atoms with Gasteiger partial charge in [-0.25, -0.2) is 0 Å². The van der Waals surface area contributed by atoms with E-state index in [1.165, 1.54) is 218 Å². The maximum Gasteiger partial charge on any atom is 0.220 e. The van der Waals surface area contributed by atoms with Crippen LogP contribution in [0, 0.1) is 0 Å². The average Bonchev–Trinajstić information content (AvgIpc) is 3.32. The van der Waals surface area contributed by atoms with Crippen molar-refractivity contribution in [3.63, 3.8) is 0 Å². The lowest BCUT2D eigenvalue weighted by Crippen LogP contribution is -2.60. The molecule has 390 valence electrons. The molecule has 66 heavy (non-hydrogen) atoms. The summed E-state index contributed by atoms with van der Waals surface area (Å²) in [5, 5.41) is 54.4. The van der Waals surface area contributed by atoms with E-state index in [9.17, 15) is 30.3 Å². The molecule has 1 aliphatic rings. The van der Waals surface area contributed by atoms with Crippen LogP contribution in [0.3, 0.4) is 0 Å². The van der Waals surface area contributed by atoms with Gasteiger partial charge in [0.15, 0.2) is 6.29 Å². The van der Waals surface area contributed by atoms with Crippen LogP contribution in [0.25, 0.3) is 0 Å². The van der Waals surface area contributed by atoms with E-state index in [2.05, 4.69) is 31.3 Å². The molecule has 0 saturated carbocycles. The molecule has 9 nitrogen and oxygen atoms in total. The van der Waals surface area contributed by atoms with Crippen LogP contribution in [0.1, 0.15) is 277 Å². The fourth-order valence-corrected chi connectivity index (χ4v) is 9.23. The van der Waals surface area contributed by atoms with Crippen LogP contribution in [0.4, 0.5) is 0 Å². The molecular formula is C57H109NO8. The molecular weight excluding hydrogens is 827 g/mol. The van der Waals surface area contributed by atoms with Crippen molar-refractivity contribution in [1.82, 2.24) is 5.32 Å². The number of rotatable bonds is 49. The fourth-order valence-electron chi connectivity index (χ4n) is 9.23. The normalized spacial score (nSPS) is 19.9. The van der Waals surface area contributed by atoms with Crippen LogP contribution in [0.5, 0.6) is 0 Å². The fraction of sp³-hybridized carbons (Fsp3) is 0.912. The third-order valence-corrected chi connectivity index (χ3v) is 13.8. The number of aliphatic hydroxyl groups excluding tert-OH is 5. The summed E-state index contributed by atoms with van der Waals surface area (Å²) in [6, 6.07) is -0.818. The molecule has 0 aliphatic carbocycles. The molecule has 0 spiro atoms. The molecule has 0 aromatic rings. The summed E-state index contributed by atoms with van der Waals surface area (Å²) in [6.07, 6.45) is 52.6. The quantitative estimate of drug-likeness (QED) is 0.0261. The summed E-state index contributed by atoms with van der Waals surface area (Å²) >= 11 is 0. The van der Waals surface area contributed by atoms with Crippen LogP contribution in [-0.4, -0.2) is 87.5 Å². The molecule has 1 heterocycles. The summed E-state index contributed by atoms with van der Waals surface area (Å²) < 4.78 is 11.2. The van der Waals surface area contributed by atoms with Gasteiger partial charge in [0, 0.05) is 6.42 Å². The Morgan fingerprint density at radius 3 is 1.27 bits per heavy atom. The topological polar surface area (TPSA) is 149 Å². The Labute approximate surface area is 407 Å². The Morgan fingerprint density at radius 1 is 0.500 bits per heavy atom.